The Labute approximate surface area is 267 Å². The highest BCUT2D eigenvalue weighted by atomic mass is 32.2. The predicted molar refractivity (Wildman–Crippen MR) is 173 cm³/mol. The number of nitrogens with zero attached hydrogens (tertiary/aromatic N) is 1. The summed E-state index contributed by atoms with van der Waals surface area (Å²) in [5, 5.41) is 8.33. The molecule has 2 amide bonds. The van der Waals surface area contributed by atoms with Crippen molar-refractivity contribution in [1.82, 2.24) is 10.6 Å². The van der Waals surface area contributed by atoms with Gasteiger partial charge >= 0.3 is 5.24 Å². The summed E-state index contributed by atoms with van der Waals surface area (Å²) in [5.41, 5.74) is 3.46. The van der Waals surface area contributed by atoms with Crippen molar-refractivity contribution in [2.45, 2.75) is 48.8 Å². The quantitative estimate of drug-likeness (QED) is 0.0747. The second-order valence-corrected chi connectivity index (χ2v) is 15.0. The molecule has 0 radical (unpaired) electrons. The number of rotatable bonds is 11. The zero-order valence-electron chi connectivity index (χ0n) is 25.0. The Morgan fingerprint density at radius 2 is 1.71 bits per heavy atom. The highest BCUT2D eigenvalue weighted by Gasteiger charge is 2.47. The number of hydrogen-bond donors (Lipinski definition) is 5. The van der Waals surface area contributed by atoms with Crippen LogP contribution in [0, 0.1) is 5.92 Å². The van der Waals surface area contributed by atoms with Crippen molar-refractivity contribution in [3.05, 3.63) is 83.6 Å². The third-order valence-corrected chi connectivity index (χ3v) is 10.2. The van der Waals surface area contributed by atoms with Crippen LogP contribution in [0.2, 0.25) is 0 Å². The molecule has 45 heavy (non-hydrogen) atoms. The molecule has 0 saturated carbocycles. The fraction of sp³-hybridized carbons (Fsp3) is 0.300. The normalized spacial score (nSPS) is 19.1. The Morgan fingerprint density at radius 1 is 1.04 bits per heavy atom. The number of nitrogens with one attached hydrogen (secondary N) is 3. The lowest BCUT2D eigenvalue weighted by atomic mass is 9.81. The molecule has 2 aromatic rings. The number of allylic oxidation sites excluding steroid dienone is 6. The summed E-state index contributed by atoms with van der Waals surface area (Å²) in [6.07, 6.45) is 9.63. The average Bonchev–Trinajstić information content (AvgIpc) is 3.39. The van der Waals surface area contributed by atoms with Gasteiger partial charge in [-0.05, 0) is 61.7 Å². The monoisotopic (exact) mass is 675 g/mol. The van der Waals surface area contributed by atoms with Crippen molar-refractivity contribution in [3.8, 4) is 0 Å². The van der Waals surface area contributed by atoms with E-state index < -0.39 is 25.7 Å². The molecule has 2 unspecified atom stereocenters. The van der Waals surface area contributed by atoms with E-state index >= 15 is 0 Å². The molecule has 2 heterocycles. The second kappa shape index (κ2) is 13.3. The van der Waals surface area contributed by atoms with E-state index in [1.165, 1.54) is 24.3 Å². The van der Waals surface area contributed by atoms with Crippen LogP contribution in [0.3, 0.4) is 0 Å². The summed E-state index contributed by atoms with van der Waals surface area (Å²) in [6.45, 7) is 8.30. The van der Waals surface area contributed by atoms with E-state index in [4.69, 9.17) is 0 Å². The first-order valence-corrected chi connectivity index (χ1v) is 17.5. The SMILES string of the molecule is CC(CNC=O)CNC(=O)S[N+]1=C(/C=C/C=C/C=C2\Nc3ccc(S(=O)(=O)O)cc3C2C)C(C)(C)c2cc(S(=O)(=O)O)ccc21. The molecule has 0 aromatic heterocycles. The van der Waals surface area contributed by atoms with E-state index in [0.29, 0.717) is 36.5 Å². The van der Waals surface area contributed by atoms with Crippen LogP contribution < -0.4 is 16.0 Å². The molecule has 0 bridgehead atoms. The van der Waals surface area contributed by atoms with Gasteiger partial charge in [0.2, 0.25) is 17.8 Å². The van der Waals surface area contributed by atoms with E-state index in [0.717, 1.165) is 28.9 Å². The van der Waals surface area contributed by atoms with Crippen molar-refractivity contribution >= 4 is 60.9 Å². The van der Waals surface area contributed by atoms with Gasteiger partial charge in [0.1, 0.15) is 0 Å². The van der Waals surface area contributed by atoms with Gasteiger partial charge in [0.15, 0.2) is 0 Å². The minimum absolute atomic E-state index is 0.00314. The van der Waals surface area contributed by atoms with Crippen LogP contribution in [-0.2, 0) is 30.4 Å². The lowest BCUT2D eigenvalue weighted by Gasteiger charge is -2.15. The minimum atomic E-state index is -4.45. The molecular formula is C30H35N4O8S3+. The van der Waals surface area contributed by atoms with Crippen molar-refractivity contribution in [3.63, 3.8) is 0 Å². The van der Waals surface area contributed by atoms with Gasteiger partial charge in [-0.3, -0.25) is 18.7 Å². The van der Waals surface area contributed by atoms with Gasteiger partial charge in [0.05, 0.1) is 15.2 Å². The zero-order valence-corrected chi connectivity index (χ0v) is 27.5. The molecular weight excluding hydrogens is 641 g/mol. The molecule has 0 aliphatic carbocycles. The van der Waals surface area contributed by atoms with Crippen molar-refractivity contribution in [1.29, 1.82) is 0 Å². The number of fused-ring (bicyclic) bond motifs is 2. The molecule has 15 heteroatoms. The maximum absolute atomic E-state index is 13.0. The summed E-state index contributed by atoms with van der Waals surface area (Å²) in [6, 6.07) is 8.63. The van der Waals surface area contributed by atoms with E-state index in [-0.39, 0.29) is 26.9 Å². The first kappa shape index (κ1) is 34.1. The van der Waals surface area contributed by atoms with Gasteiger partial charge in [-0.1, -0.05) is 32.1 Å². The molecule has 0 spiro atoms. The average molecular weight is 676 g/mol. The first-order chi connectivity index (χ1) is 21.0. The number of benzene rings is 2. The van der Waals surface area contributed by atoms with Crippen LogP contribution in [0.1, 0.15) is 44.7 Å². The smallest absolute Gasteiger partial charge is 0.347 e. The van der Waals surface area contributed by atoms with Gasteiger partial charge in [-0.15, -0.1) is 3.98 Å². The predicted octanol–water partition coefficient (Wildman–Crippen LogP) is 4.52. The maximum Gasteiger partial charge on any atom is 0.347 e. The van der Waals surface area contributed by atoms with Crippen molar-refractivity contribution in [2.75, 3.05) is 18.4 Å². The van der Waals surface area contributed by atoms with Crippen molar-refractivity contribution < 1.29 is 39.5 Å². The molecule has 240 valence electrons. The van der Waals surface area contributed by atoms with Gasteiger partial charge in [0.25, 0.3) is 32.2 Å². The Hall–Kier alpha value is -3.76. The molecule has 2 aliphatic heterocycles. The second-order valence-electron chi connectivity index (χ2n) is 11.3. The Balaban J connectivity index is 1.59. The Kier molecular flexibility index (Phi) is 10.1. The molecule has 2 aliphatic rings. The highest BCUT2D eigenvalue weighted by molar-refractivity contribution is 8.08. The molecule has 4 rings (SSSR count). The van der Waals surface area contributed by atoms with E-state index in [1.807, 2.05) is 39.8 Å². The van der Waals surface area contributed by atoms with Crippen LogP contribution in [-0.4, -0.2) is 60.4 Å². The van der Waals surface area contributed by atoms with E-state index in [9.17, 15) is 35.5 Å². The summed E-state index contributed by atoms with van der Waals surface area (Å²) < 4.78 is 67.6. The third-order valence-electron chi connectivity index (χ3n) is 7.62. The maximum atomic E-state index is 13.0. The van der Waals surface area contributed by atoms with Crippen molar-refractivity contribution in [2.24, 2.45) is 5.92 Å². The van der Waals surface area contributed by atoms with E-state index in [1.54, 1.807) is 34.3 Å². The fourth-order valence-corrected chi connectivity index (χ4v) is 7.09. The molecule has 0 fully saturated rings. The lowest BCUT2D eigenvalue weighted by molar-refractivity contribution is -0.232. The van der Waals surface area contributed by atoms with Crippen LogP contribution in [0.15, 0.2) is 82.3 Å². The fourth-order valence-electron chi connectivity index (χ4n) is 5.10. The molecule has 2 atom stereocenters. The summed E-state index contributed by atoms with van der Waals surface area (Å²) >= 11 is 0.906. The zero-order chi connectivity index (χ0) is 33.2. The van der Waals surface area contributed by atoms with Crippen LogP contribution in [0.5, 0.6) is 0 Å². The number of hydrogen-bond acceptors (Lipinski definition) is 8. The topological polar surface area (TPSA) is 182 Å². The van der Waals surface area contributed by atoms with Gasteiger partial charge < -0.3 is 16.0 Å². The largest absolute Gasteiger partial charge is 0.358 e. The Morgan fingerprint density at radius 3 is 2.38 bits per heavy atom. The third kappa shape index (κ3) is 7.73. The summed E-state index contributed by atoms with van der Waals surface area (Å²) in [5.74, 6) is -0.149. The molecule has 2 aromatic carbocycles. The molecule has 12 nitrogen and oxygen atoms in total. The van der Waals surface area contributed by atoms with Crippen LogP contribution in [0.25, 0.3) is 0 Å². The van der Waals surface area contributed by atoms with Crippen LogP contribution >= 0.6 is 11.9 Å². The van der Waals surface area contributed by atoms with Gasteiger partial charge in [-0.2, -0.15) is 16.8 Å². The Bertz CT molecular complexity index is 1860. The molecule has 5 N–H and O–H groups in total. The summed E-state index contributed by atoms with van der Waals surface area (Å²) in [7, 11) is -8.77. The van der Waals surface area contributed by atoms with E-state index in [2.05, 4.69) is 16.0 Å². The highest BCUT2D eigenvalue weighted by Crippen LogP contribution is 2.44. The number of amides is 2. The standard InChI is InChI=1S/C30H34N4O8S3/c1-19(16-31-18-35)17-32-29(36)43-34-27-13-11-22(45(40,41)42)15-24(27)30(3,4)28(34)9-7-5-6-8-25-20(2)23-14-21(44(37,38)39)10-12-26(23)33-25/h5-15,18-20H,16-17H2,1-4H3,(H4,31,32,35,36,37,38,39,40,41,42)/p+1. The summed E-state index contributed by atoms with van der Waals surface area (Å²) in [4.78, 5) is 23.1. The number of anilines is 1. The number of carbonyl (C=O) groups excluding carboxylic acids is 2. The minimum Gasteiger partial charge on any atom is -0.358 e. The van der Waals surface area contributed by atoms with Crippen LogP contribution in [0.4, 0.5) is 16.2 Å². The van der Waals surface area contributed by atoms with Gasteiger partial charge in [-0.25, -0.2) is 0 Å². The molecule has 0 saturated heterocycles. The van der Waals surface area contributed by atoms with Gasteiger partial charge in [0, 0.05) is 48.1 Å². The lowest BCUT2D eigenvalue weighted by Crippen LogP contribution is -2.32. The number of carbonyl (C=O) groups is 2. The first-order valence-electron chi connectivity index (χ1n) is 13.9.